The molecule has 2 rings (SSSR count). The predicted molar refractivity (Wildman–Crippen MR) is 75.9 cm³/mol. The number of nitro benzene ring substituents is 1. The van der Waals surface area contributed by atoms with Gasteiger partial charge in [0.25, 0.3) is 0 Å². The molecule has 6 heteroatoms. The summed E-state index contributed by atoms with van der Waals surface area (Å²) in [4.78, 5) is 9.89. The molecule has 0 saturated heterocycles. The van der Waals surface area contributed by atoms with Gasteiger partial charge in [0.05, 0.1) is 4.92 Å². The van der Waals surface area contributed by atoms with Crippen LogP contribution in [0.4, 0.5) is 14.5 Å². The molecule has 1 saturated carbocycles. The highest BCUT2D eigenvalue weighted by atomic mass is 19.1. The van der Waals surface area contributed by atoms with Crippen LogP contribution in [0.15, 0.2) is 12.1 Å². The van der Waals surface area contributed by atoms with E-state index < -0.39 is 22.2 Å². The third-order valence-electron chi connectivity index (χ3n) is 4.30. The Hall–Kier alpha value is -1.56. The summed E-state index contributed by atoms with van der Waals surface area (Å²) in [5, 5.41) is 14.0. The van der Waals surface area contributed by atoms with Crippen molar-refractivity contribution < 1.29 is 13.7 Å². The standard InChI is InChI=1S/C15H20F2N2O2/c1-2-10-5-3-4-6-14(10)18-9-11-7-15(19(20)21)13(17)8-12(11)16/h7-8,10,14,18H,2-6,9H2,1H3. The van der Waals surface area contributed by atoms with Crippen LogP contribution >= 0.6 is 0 Å². The van der Waals surface area contributed by atoms with Crippen LogP contribution in [-0.2, 0) is 6.54 Å². The zero-order chi connectivity index (χ0) is 15.4. The molecule has 1 aromatic carbocycles. The number of nitrogens with zero attached hydrogens (tertiary/aromatic N) is 1. The topological polar surface area (TPSA) is 55.2 Å². The zero-order valence-electron chi connectivity index (χ0n) is 12.1. The van der Waals surface area contributed by atoms with E-state index >= 15 is 0 Å². The van der Waals surface area contributed by atoms with E-state index in [9.17, 15) is 18.9 Å². The summed E-state index contributed by atoms with van der Waals surface area (Å²) in [5.41, 5.74) is -0.535. The first-order chi connectivity index (χ1) is 10.0. The van der Waals surface area contributed by atoms with Gasteiger partial charge in [0.15, 0.2) is 0 Å². The van der Waals surface area contributed by atoms with Gasteiger partial charge >= 0.3 is 5.69 Å². The van der Waals surface area contributed by atoms with Crippen molar-refractivity contribution in [2.24, 2.45) is 5.92 Å². The van der Waals surface area contributed by atoms with Gasteiger partial charge in [-0.15, -0.1) is 0 Å². The van der Waals surface area contributed by atoms with Crippen LogP contribution in [0.25, 0.3) is 0 Å². The van der Waals surface area contributed by atoms with Crippen LogP contribution in [0.1, 0.15) is 44.6 Å². The lowest BCUT2D eigenvalue weighted by molar-refractivity contribution is -0.387. The Morgan fingerprint density at radius 3 is 2.67 bits per heavy atom. The maximum atomic E-state index is 13.7. The Morgan fingerprint density at radius 1 is 1.29 bits per heavy atom. The fourth-order valence-electron chi connectivity index (χ4n) is 3.06. The SMILES string of the molecule is CCC1CCCCC1NCc1cc([N+](=O)[O-])c(F)cc1F. The minimum Gasteiger partial charge on any atom is -0.310 e. The van der Waals surface area contributed by atoms with E-state index in [0.29, 0.717) is 18.0 Å². The normalized spacial score (nSPS) is 22.2. The molecule has 2 unspecified atom stereocenters. The van der Waals surface area contributed by atoms with Crippen LogP contribution in [-0.4, -0.2) is 11.0 Å². The predicted octanol–water partition coefficient (Wildman–Crippen LogP) is 3.93. The van der Waals surface area contributed by atoms with Crippen molar-refractivity contribution in [2.75, 3.05) is 0 Å². The molecule has 1 aromatic rings. The minimum absolute atomic E-state index is 0.142. The smallest absolute Gasteiger partial charge is 0.305 e. The molecule has 1 aliphatic carbocycles. The van der Waals surface area contributed by atoms with Crippen LogP contribution in [0.3, 0.4) is 0 Å². The highest BCUT2D eigenvalue weighted by Crippen LogP contribution is 2.27. The Morgan fingerprint density at radius 2 is 2.00 bits per heavy atom. The number of hydrogen-bond donors (Lipinski definition) is 1. The molecule has 21 heavy (non-hydrogen) atoms. The Kier molecular flexibility index (Phi) is 5.22. The highest BCUT2D eigenvalue weighted by Gasteiger charge is 2.24. The van der Waals surface area contributed by atoms with Gasteiger partial charge in [-0.3, -0.25) is 10.1 Å². The van der Waals surface area contributed by atoms with E-state index in [1.165, 1.54) is 6.42 Å². The fraction of sp³-hybridized carbons (Fsp3) is 0.600. The molecule has 116 valence electrons. The average Bonchev–Trinajstić information content (AvgIpc) is 2.46. The molecule has 0 aliphatic heterocycles. The lowest BCUT2D eigenvalue weighted by Crippen LogP contribution is -2.38. The van der Waals surface area contributed by atoms with Gasteiger partial charge in [-0.25, -0.2) is 4.39 Å². The van der Waals surface area contributed by atoms with Crippen molar-refractivity contribution in [3.05, 3.63) is 39.4 Å². The third-order valence-corrected chi connectivity index (χ3v) is 4.30. The quantitative estimate of drug-likeness (QED) is 0.662. The molecule has 0 spiro atoms. The van der Waals surface area contributed by atoms with E-state index in [-0.39, 0.29) is 12.1 Å². The number of nitrogens with one attached hydrogen (secondary N) is 1. The molecule has 0 heterocycles. The summed E-state index contributed by atoms with van der Waals surface area (Å²) in [6.07, 6.45) is 5.60. The summed E-state index contributed by atoms with van der Waals surface area (Å²) in [6.45, 7) is 2.32. The first kappa shape index (κ1) is 15.8. The third kappa shape index (κ3) is 3.75. The van der Waals surface area contributed by atoms with Gasteiger partial charge in [0.2, 0.25) is 5.82 Å². The van der Waals surface area contributed by atoms with E-state index in [2.05, 4.69) is 12.2 Å². The highest BCUT2D eigenvalue weighted by molar-refractivity contribution is 5.37. The molecule has 0 amide bonds. The van der Waals surface area contributed by atoms with Gasteiger partial charge in [0, 0.05) is 30.3 Å². The zero-order valence-corrected chi connectivity index (χ0v) is 12.1. The molecule has 0 radical (unpaired) electrons. The number of halogens is 2. The van der Waals surface area contributed by atoms with Gasteiger partial charge < -0.3 is 5.32 Å². The molecule has 1 N–H and O–H groups in total. The van der Waals surface area contributed by atoms with E-state index in [1.807, 2.05) is 0 Å². The van der Waals surface area contributed by atoms with Crippen molar-refractivity contribution in [3.8, 4) is 0 Å². The summed E-state index contributed by atoms with van der Waals surface area (Å²) in [5.74, 6) is -1.32. The van der Waals surface area contributed by atoms with Crippen molar-refractivity contribution in [1.29, 1.82) is 0 Å². The maximum Gasteiger partial charge on any atom is 0.305 e. The summed E-state index contributed by atoms with van der Waals surface area (Å²) < 4.78 is 27.0. The summed E-state index contributed by atoms with van der Waals surface area (Å²) in [7, 11) is 0. The molecule has 1 fully saturated rings. The second kappa shape index (κ2) is 6.93. The van der Waals surface area contributed by atoms with E-state index in [4.69, 9.17) is 0 Å². The van der Waals surface area contributed by atoms with Gasteiger partial charge in [-0.1, -0.05) is 26.2 Å². The molecule has 2 atom stereocenters. The van der Waals surface area contributed by atoms with Crippen molar-refractivity contribution in [3.63, 3.8) is 0 Å². The molecule has 4 nitrogen and oxygen atoms in total. The monoisotopic (exact) mass is 298 g/mol. The maximum absolute atomic E-state index is 13.7. The lowest BCUT2D eigenvalue weighted by atomic mass is 9.83. The molecular formula is C15H20F2N2O2. The summed E-state index contributed by atoms with van der Waals surface area (Å²) in [6, 6.07) is 1.88. The second-order valence-corrected chi connectivity index (χ2v) is 5.59. The molecule has 1 aliphatic rings. The van der Waals surface area contributed by atoms with E-state index in [0.717, 1.165) is 31.7 Å². The van der Waals surface area contributed by atoms with Crippen molar-refractivity contribution in [2.45, 2.75) is 51.6 Å². The first-order valence-electron chi connectivity index (χ1n) is 7.38. The number of rotatable bonds is 5. The Balaban J connectivity index is 2.08. The van der Waals surface area contributed by atoms with Crippen molar-refractivity contribution >= 4 is 5.69 Å². The fourth-order valence-corrected chi connectivity index (χ4v) is 3.06. The van der Waals surface area contributed by atoms with Gasteiger partial charge in [0.1, 0.15) is 5.82 Å². The van der Waals surface area contributed by atoms with Crippen LogP contribution in [0, 0.1) is 27.7 Å². The molecule has 0 bridgehead atoms. The number of hydrogen-bond acceptors (Lipinski definition) is 3. The van der Waals surface area contributed by atoms with Crippen molar-refractivity contribution in [1.82, 2.24) is 5.32 Å². The Bertz CT molecular complexity index is 523. The molecular weight excluding hydrogens is 278 g/mol. The average molecular weight is 298 g/mol. The van der Waals surface area contributed by atoms with Crippen LogP contribution < -0.4 is 5.32 Å². The largest absolute Gasteiger partial charge is 0.310 e. The number of benzene rings is 1. The molecule has 0 aromatic heterocycles. The van der Waals surface area contributed by atoms with Gasteiger partial charge in [-0.2, -0.15) is 4.39 Å². The number of nitro groups is 1. The second-order valence-electron chi connectivity index (χ2n) is 5.59. The first-order valence-corrected chi connectivity index (χ1v) is 7.38. The summed E-state index contributed by atoms with van der Waals surface area (Å²) >= 11 is 0. The van der Waals surface area contributed by atoms with E-state index in [1.54, 1.807) is 0 Å². The minimum atomic E-state index is -1.13. The lowest BCUT2D eigenvalue weighted by Gasteiger charge is -2.31. The van der Waals surface area contributed by atoms with Crippen LogP contribution in [0.2, 0.25) is 0 Å². The Labute approximate surface area is 122 Å². The van der Waals surface area contributed by atoms with Crippen LogP contribution in [0.5, 0.6) is 0 Å². The van der Waals surface area contributed by atoms with Gasteiger partial charge in [-0.05, 0) is 18.8 Å².